The fourth-order valence-corrected chi connectivity index (χ4v) is 1.98. The Morgan fingerprint density at radius 3 is 2.53 bits per heavy atom. The molecule has 0 aliphatic carbocycles. The molecule has 17 heavy (non-hydrogen) atoms. The molecule has 3 atom stereocenters. The third-order valence-corrected chi connectivity index (χ3v) is 2.73. The lowest BCUT2D eigenvalue weighted by Crippen LogP contribution is -2.53. The van der Waals surface area contributed by atoms with Gasteiger partial charge in [-0.3, -0.25) is 14.4 Å². The van der Waals surface area contributed by atoms with Crippen LogP contribution in [0.1, 0.15) is 20.3 Å². The highest BCUT2D eigenvalue weighted by Crippen LogP contribution is 2.18. The molecule has 0 bridgehead atoms. The van der Waals surface area contributed by atoms with Crippen molar-refractivity contribution in [2.45, 2.75) is 38.5 Å². The molecule has 7 heteroatoms. The minimum Gasteiger partial charge on any atom is -0.390 e. The van der Waals surface area contributed by atoms with E-state index in [1.807, 2.05) is 0 Å². The van der Waals surface area contributed by atoms with Crippen molar-refractivity contribution in [3.05, 3.63) is 0 Å². The Kier molecular flexibility index (Phi) is 4.06. The summed E-state index contributed by atoms with van der Waals surface area (Å²) < 4.78 is 0. The Balaban J connectivity index is 2.75. The number of carbonyl (C=O) groups excluding carboxylic acids is 3. The predicted octanol–water partition coefficient (Wildman–Crippen LogP) is -2.04. The molecule has 0 spiro atoms. The van der Waals surface area contributed by atoms with Crippen LogP contribution in [0.25, 0.3) is 0 Å². The number of primary amides is 1. The molecule has 0 unspecified atom stereocenters. The summed E-state index contributed by atoms with van der Waals surface area (Å²) in [5, 5.41) is 12.0. The lowest BCUT2D eigenvalue weighted by molar-refractivity contribution is -0.141. The molecule has 1 aliphatic heterocycles. The van der Waals surface area contributed by atoms with Crippen LogP contribution in [-0.4, -0.2) is 52.5 Å². The van der Waals surface area contributed by atoms with E-state index in [1.165, 1.54) is 18.7 Å². The summed E-state index contributed by atoms with van der Waals surface area (Å²) in [7, 11) is 0. The highest BCUT2D eigenvalue weighted by Gasteiger charge is 2.41. The Morgan fingerprint density at radius 1 is 1.47 bits per heavy atom. The van der Waals surface area contributed by atoms with Crippen molar-refractivity contribution in [3.63, 3.8) is 0 Å². The number of hydrogen-bond acceptors (Lipinski definition) is 4. The molecule has 0 aromatic carbocycles. The molecule has 0 saturated carbocycles. The van der Waals surface area contributed by atoms with E-state index >= 15 is 0 Å². The van der Waals surface area contributed by atoms with Crippen molar-refractivity contribution in [2.24, 2.45) is 5.73 Å². The number of aliphatic hydroxyl groups excluding tert-OH is 1. The van der Waals surface area contributed by atoms with Crippen LogP contribution < -0.4 is 11.1 Å². The number of hydrogen-bond donors (Lipinski definition) is 3. The second kappa shape index (κ2) is 5.13. The molecule has 1 fully saturated rings. The van der Waals surface area contributed by atoms with E-state index < -0.39 is 30.0 Å². The van der Waals surface area contributed by atoms with Gasteiger partial charge >= 0.3 is 0 Å². The third-order valence-electron chi connectivity index (χ3n) is 2.73. The summed E-state index contributed by atoms with van der Waals surface area (Å²) in [6.45, 7) is 3.08. The van der Waals surface area contributed by atoms with Crippen molar-refractivity contribution < 1.29 is 19.5 Å². The standard InChI is InChI=1S/C10H17N3O4/c1-5(12-6(2)14)10(17)13-4-3-7(15)8(13)9(11)16/h5,7-8,15H,3-4H2,1-2H3,(H2,11,16)(H,12,14)/t5-,7-,8-/m0/s1. The second-order valence-corrected chi connectivity index (χ2v) is 4.16. The summed E-state index contributed by atoms with van der Waals surface area (Å²) in [6.07, 6.45) is -0.618. The molecule has 0 radical (unpaired) electrons. The van der Waals surface area contributed by atoms with Gasteiger partial charge in [-0.25, -0.2) is 0 Å². The fraction of sp³-hybridized carbons (Fsp3) is 0.700. The highest BCUT2D eigenvalue weighted by atomic mass is 16.3. The maximum atomic E-state index is 11.9. The van der Waals surface area contributed by atoms with Crippen molar-refractivity contribution >= 4 is 17.7 Å². The van der Waals surface area contributed by atoms with E-state index in [1.54, 1.807) is 0 Å². The first kappa shape index (κ1) is 13.4. The Morgan fingerprint density at radius 2 is 2.06 bits per heavy atom. The van der Waals surface area contributed by atoms with Gasteiger partial charge in [-0.1, -0.05) is 0 Å². The molecule has 3 amide bonds. The predicted molar refractivity (Wildman–Crippen MR) is 58.6 cm³/mol. The minimum atomic E-state index is -1.00. The largest absolute Gasteiger partial charge is 0.390 e. The summed E-state index contributed by atoms with van der Waals surface area (Å²) in [6, 6.07) is -1.74. The van der Waals surface area contributed by atoms with Crippen LogP contribution in [0.3, 0.4) is 0 Å². The summed E-state index contributed by atoms with van der Waals surface area (Å²) in [4.78, 5) is 35.1. The molecule has 1 heterocycles. The molecule has 1 rings (SSSR count). The molecule has 1 aliphatic rings. The first-order valence-electron chi connectivity index (χ1n) is 5.39. The first-order valence-corrected chi connectivity index (χ1v) is 5.39. The van der Waals surface area contributed by atoms with E-state index in [4.69, 9.17) is 5.73 Å². The highest BCUT2D eigenvalue weighted by molar-refractivity contribution is 5.91. The second-order valence-electron chi connectivity index (χ2n) is 4.16. The van der Waals surface area contributed by atoms with Gasteiger partial charge in [0.05, 0.1) is 6.10 Å². The number of nitrogens with one attached hydrogen (secondary N) is 1. The number of aliphatic hydroxyl groups is 1. The van der Waals surface area contributed by atoms with E-state index in [9.17, 15) is 19.5 Å². The van der Waals surface area contributed by atoms with Gasteiger partial charge in [0.1, 0.15) is 12.1 Å². The van der Waals surface area contributed by atoms with E-state index in [-0.39, 0.29) is 12.5 Å². The van der Waals surface area contributed by atoms with Crippen molar-refractivity contribution in [2.75, 3.05) is 6.54 Å². The third kappa shape index (κ3) is 2.94. The molecule has 4 N–H and O–H groups in total. The quantitative estimate of drug-likeness (QED) is 0.530. The Bertz CT molecular complexity index is 344. The molecule has 96 valence electrons. The van der Waals surface area contributed by atoms with Gasteiger partial charge in [0, 0.05) is 13.5 Å². The van der Waals surface area contributed by atoms with Gasteiger partial charge in [0.2, 0.25) is 17.7 Å². The van der Waals surface area contributed by atoms with E-state index in [0.29, 0.717) is 6.42 Å². The van der Waals surface area contributed by atoms with Gasteiger partial charge in [0.25, 0.3) is 0 Å². The number of carbonyl (C=O) groups is 3. The van der Waals surface area contributed by atoms with Crippen LogP contribution in [0, 0.1) is 0 Å². The molecule has 0 aromatic rings. The minimum absolute atomic E-state index is 0.261. The number of nitrogens with two attached hydrogens (primary N) is 1. The summed E-state index contributed by atoms with van der Waals surface area (Å²) in [5.41, 5.74) is 5.14. The van der Waals surface area contributed by atoms with Gasteiger partial charge in [-0.15, -0.1) is 0 Å². The van der Waals surface area contributed by atoms with Crippen molar-refractivity contribution in [1.82, 2.24) is 10.2 Å². The zero-order chi connectivity index (χ0) is 13.2. The topological polar surface area (TPSA) is 113 Å². The van der Waals surface area contributed by atoms with E-state index in [0.717, 1.165) is 0 Å². The maximum absolute atomic E-state index is 11.9. The van der Waals surface area contributed by atoms with Crippen LogP contribution in [0.2, 0.25) is 0 Å². The van der Waals surface area contributed by atoms with Crippen LogP contribution >= 0.6 is 0 Å². The molecular weight excluding hydrogens is 226 g/mol. The SMILES string of the molecule is CC(=O)N[C@@H](C)C(=O)N1CC[C@H](O)[C@H]1C(N)=O. The summed E-state index contributed by atoms with van der Waals surface area (Å²) in [5.74, 6) is -1.49. The van der Waals surface area contributed by atoms with Gasteiger partial charge in [0.15, 0.2) is 0 Å². The lowest BCUT2D eigenvalue weighted by Gasteiger charge is -2.26. The fourth-order valence-electron chi connectivity index (χ4n) is 1.98. The summed E-state index contributed by atoms with van der Waals surface area (Å²) >= 11 is 0. The normalized spacial score (nSPS) is 25.5. The smallest absolute Gasteiger partial charge is 0.245 e. The van der Waals surface area contributed by atoms with Gasteiger partial charge in [-0.2, -0.15) is 0 Å². The Labute approximate surface area is 98.9 Å². The lowest BCUT2D eigenvalue weighted by atomic mass is 10.1. The molecule has 7 nitrogen and oxygen atoms in total. The van der Waals surface area contributed by atoms with Gasteiger partial charge in [-0.05, 0) is 13.3 Å². The Hall–Kier alpha value is -1.63. The van der Waals surface area contributed by atoms with Crippen LogP contribution in [0.5, 0.6) is 0 Å². The van der Waals surface area contributed by atoms with Crippen LogP contribution in [0.15, 0.2) is 0 Å². The number of rotatable bonds is 3. The molecular formula is C10H17N3O4. The average Bonchev–Trinajstić information content (AvgIpc) is 2.57. The zero-order valence-electron chi connectivity index (χ0n) is 9.84. The van der Waals surface area contributed by atoms with Gasteiger partial charge < -0.3 is 21.1 Å². The average molecular weight is 243 g/mol. The van der Waals surface area contributed by atoms with Crippen LogP contribution in [0.4, 0.5) is 0 Å². The molecule has 0 aromatic heterocycles. The van der Waals surface area contributed by atoms with E-state index in [2.05, 4.69) is 5.32 Å². The zero-order valence-corrected chi connectivity index (χ0v) is 9.84. The van der Waals surface area contributed by atoms with Crippen LogP contribution in [-0.2, 0) is 14.4 Å². The van der Waals surface area contributed by atoms with Crippen molar-refractivity contribution in [3.8, 4) is 0 Å². The monoisotopic (exact) mass is 243 g/mol. The van der Waals surface area contributed by atoms with Crippen molar-refractivity contribution in [1.29, 1.82) is 0 Å². The number of nitrogens with zero attached hydrogens (tertiary/aromatic N) is 1. The number of likely N-dealkylation sites (tertiary alicyclic amines) is 1. The number of amides is 3. The molecule has 1 saturated heterocycles. The first-order chi connectivity index (χ1) is 7.84. The maximum Gasteiger partial charge on any atom is 0.245 e.